The summed E-state index contributed by atoms with van der Waals surface area (Å²) in [6, 6.07) is 6.10. The number of rotatable bonds is 5. The minimum Gasteiger partial charge on any atom is -0.483 e. The van der Waals surface area contributed by atoms with Crippen molar-refractivity contribution in [3.05, 3.63) is 58.6 Å². The van der Waals surface area contributed by atoms with Crippen LogP contribution in [0.4, 0.5) is 0 Å². The van der Waals surface area contributed by atoms with Gasteiger partial charge in [-0.3, -0.25) is 24.4 Å². The molecule has 0 spiro atoms. The van der Waals surface area contributed by atoms with E-state index in [1.54, 1.807) is 36.7 Å². The van der Waals surface area contributed by atoms with Crippen LogP contribution in [0.25, 0.3) is 0 Å². The van der Waals surface area contributed by atoms with Crippen molar-refractivity contribution in [1.82, 2.24) is 20.6 Å². The Hall–Kier alpha value is -3.04. The average Bonchev–Trinajstić information content (AvgIpc) is 3.08. The summed E-state index contributed by atoms with van der Waals surface area (Å²) in [7, 11) is 0. The van der Waals surface area contributed by atoms with Crippen molar-refractivity contribution in [2.24, 2.45) is 5.92 Å². The molecule has 0 bridgehead atoms. The van der Waals surface area contributed by atoms with Crippen LogP contribution in [0.5, 0.6) is 0 Å². The zero-order valence-corrected chi connectivity index (χ0v) is 17.0. The van der Waals surface area contributed by atoms with E-state index in [4.69, 9.17) is 21.5 Å². The maximum Gasteiger partial charge on any atom is 0.290 e. The summed E-state index contributed by atoms with van der Waals surface area (Å²) in [5.74, 6) is -0.864. The number of aliphatic hydroxyl groups excluding tert-OH is 1. The highest BCUT2D eigenvalue weighted by Crippen LogP contribution is 2.27. The SMILES string of the molecule is Cc1cnc(CNC(=O)[C@H]2C[C@H](NC(=O)c3cccc(Cl)c3)[C@@H](O)C2)cn1.O=CO. The molecule has 0 aliphatic heterocycles. The van der Waals surface area contributed by atoms with Crippen LogP contribution in [0.3, 0.4) is 0 Å². The Morgan fingerprint density at radius 1 is 1.27 bits per heavy atom. The first kappa shape index (κ1) is 23.2. The predicted octanol–water partition coefficient (Wildman–Crippen LogP) is 1.32. The molecule has 2 amide bonds. The molecule has 1 aromatic carbocycles. The van der Waals surface area contributed by atoms with E-state index in [1.807, 2.05) is 6.92 Å². The molecular weight excluding hydrogens is 412 g/mol. The van der Waals surface area contributed by atoms with Gasteiger partial charge >= 0.3 is 0 Å². The second-order valence-electron chi connectivity index (χ2n) is 6.80. The summed E-state index contributed by atoms with van der Waals surface area (Å²) in [5, 5.41) is 23.2. The molecule has 2 aromatic rings. The van der Waals surface area contributed by atoms with Gasteiger partial charge in [0, 0.05) is 22.7 Å². The predicted molar refractivity (Wildman–Crippen MR) is 109 cm³/mol. The second-order valence-corrected chi connectivity index (χ2v) is 7.23. The van der Waals surface area contributed by atoms with Crippen molar-refractivity contribution in [2.45, 2.75) is 38.5 Å². The van der Waals surface area contributed by atoms with E-state index >= 15 is 0 Å². The molecular formula is C20H23ClN4O5. The maximum atomic E-state index is 12.4. The van der Waals surface area contributed by atoms with Gasteiger partial charge in [-0.25, -0.2) is 0 Å². The average molecular weight is 435 g/mol. The fourth-order valence-corrected chi connectivity index (χ4v) is 3.29. The van der Waals surface area contributed by atoms with Gasteiger partial charge in [-0.15, -0.1) is 0 Å². The molecule has 4 N–H and O–H groups in total. The summed E-state index contributed by atoms with van der Waals surface area (Å²) < 4.78 is 0. The van der Waals surface area contributed by atoms with Crippen LogP contribution in [0.2, 0.25) is 5.02 Å². The highest BCUT2D eigenvalue weighted by atomic mass is 35.5. The molecule has 1 fully saturated rings. The minimum atomic E-state index is -0.775. The summed E-state index contributed by atoms with van der Waals surface area (Å²) in [4.78, 5) is 41.4. The number of carbonyl (C=O) groups is 3. The maximum absolute atomic E-state index is 12.4. The third-order valence-electron chi connectivity index (χ3n) is 4.58. The van der Waals surface area contributed by atoms with Gasteiger partial charge in [0.05, 0.1) is 36.3 Å². The molecule has 10 heteroatoms. The molecule has 0 saturated heterocycles. The van der Waals surface area contributed by atoms with Gasteiger partial charge in [0.15, 0.2) is 0 Å². The molecule has 0 unspecified atom stereocenters. The molecule has 0 radical (unpaired) electrons. The number of carbonyl (C=O) groups excluding carboxylic acids is 2. The number of carboxylic acid groups (broad SMARTS) is 1. The second kappa shape index (κ2) is 11.2. The van der Waals surface area contributed by atoms with E-state index in [9.17, 15) is 14.7 Å². The number of aryl methyl sites for hydroxylation is 1. The van der Waals surface area contributed by atoms with E-state index < -0.39 is 12.1 Å². The lowest BCUT2D eigenvalue weighted by molar-refractivity contribution is -0.125. The third kappa shape index (κ3) is 6.78. The fourth-order valence-electron chi connectivity index (χ4n) is 3.10. The number of amides is 2. The first-order chi connectivity index (χ1) is 14.3. The van der Waals surface area contributed by atoms with Crippen LogP contribution < -0.4 is 10.6 Å². The third-order valence-corrected chi connectivity index (χ3v) is 4.82. The lowest BCUT2D eigenvalue weighted by Crippen LogP contribution is -2.40. The number of hydrogen-bond acceptors (Lipinski definition) is 6. The van der Waals surface area contributed by atoms with Gasteiger partial charge in [0.2, 0.25) is 5.91 Å². The van der Waals surface area contributed by atoms with Gasteiger partial charge in [0.1, 0.15) is 0 Å². The molecule has 1 aromatic heterocycles. The standard InChI is InChI=1S/C19H21ClN4O3.CH2O2/c1-11-8-22-15(9-21-11)10-23-18(26)13-6-16(17(25)7-13)24-19(27)12-3-2-4-14(20)5-12;2-1-3/h2-5,8-9,13,16-17,25H,6-7,10H2,1H3,(H,23,26)(H,24,27);1H,(H,2,3)/t13-,16-,17-;/m0./s1. The number of halogens is 1. The number of nitrogens with zero attached hydrogens (tertiary/aromatic N) is 2. The van der Waals surface area contributed by atoms with E-state index in [2.05, 4.69) is 20.6 Å². The topological polar surface area (TPSA) is 142 Å². The van der Waals surface area contributed by atoms with Crippen molar-refractivity contribution < 1.29 is 24.6 Å². The Morgan fingerprint density at radius 2 is 2.00 bits per heavy atom. The van der Waals surface area contributed by atoms with Crippen molar-refractivity contribution in [1.29, 1.82) is 0 Å². The number of aliphatic hydroxyl groups is 1. The quantitative estimate of drug-likeness (QED) is 0.520. The molecule has 30 heavy (non-hydrogen) atoms. The van der Waals surface area contributed by atoms with Crippen LogP contribution in [-0.2, 0) is 16.1 Å². The first-order valence-electron chi connectivity index (χ1n) is 9.21. The zero-order chi connectivity index (χ0) is 22.1. The molecule has 160 valence electrons. The van der Waals surface area contributed by atoms with Gasteiger partial charge in [-0.1, -0.05) is 17.7 Å². The van der Waals surface area contributed by atoms with Crippen LogP contribution in [-0.4, -0.2) is 50.6 Å². The van der Waals surface area contributed by atoms with Gasteiger partial charge in [0.25, 0.3) is 12.4 Å². The number of benzene rings is 1. The van der Waals surface area contributed by atoms with Gasteiger partial charge in [-0.05, 0) is 38.0 Å². The smallest absolute Gasteiger partial charge is 0.290 e. The fraction of sp³-hybridized carbons (Fsp3) is 0.350. The lowest BCUT2D eigenvalue weighted by Gasteiger charge is -2.16. The first-order valence-corrected chi connectivity index (χ1v) is 9.59. The van der Waals surface area contributed by atoms with Crippen LogP contribution in [0.1, 0.15) is 34.6 Å². The molecule has 1 heterocycles. The molecule has 3 rings (SSSR count). The van der Waals surface area contributed by atoms with E-state index in [0.717, 1.165) is 5.69 Å². The molecule has 3 atom stereocenters. The summed E-state index contributed by atoms with van der Waals surface area (Å²) in [5.41, 5.74) is 1.89. The van der Waals surface area contributed by atoms with Crippen molar-refractivity contribution in [3.63, 3.8) is 0 Å². The molecule has 9 nitrogen and oxygen atoms in total. The Balaban J connectivity index is 0.00000101. The molecule has 1 saturated carbocycles. The molecule has 1 aliphatic rings. The Labute approximate surface area is 178 Å². The lowest BCUT2D eigenvalue weighted by atomic mass is 10.1. The van der Waals surface area contributed by atoms with Crippen molar-refractivity contribution >= 4 is 29.9 Å². The normalized spacial score (nSPS) is 19.9. The number of hydrogen-bond donors (Lipinski definition) is 4. The highest BCUT2D eigenvalue weighted by molar-refractivity contribution is 6.30. The summed E-state index contributed by atoms with van der Waals surface area (Å²) >= 11 is 5.90. The monoisotopic (exact) mass is 434 g/mol. The number of nitrogens with one attached hydrogen (secondary N) is 2. The van der Waals surface area contributed by atoms with Crippen LogP contribution in [0, 0.1) is 12.8 Å². The van der Waals surface area contributed by atoms with Crippen molar-refractivity contribution in [3.8, 4) is 0 Å². The summed E-state index contributed by atoms with van der Waals surface area (Å²) in [6.07, 6.45) is 3.16. The van der Waals surface area contributed by atoms with E-state index in [1.165, 1.54) is 0 Å². The van der Waals surface area contributed by atoms with Crippen LogP contribution >= 0.6 is 11.6 Å². The largest absolute Gasteiger partial charge is 0.483 e. The van der Waals surface area contributed by atoms with Gasteiger partial charge < -0.3 is 20.8 Å². The summed E-state index contributed by atoms with van der Waals surface area (Å²) in [6.45, 7) is 1.87. The van der Waals surface area contributed by atoms with E-state index in [0.29, 0.717) is 29.1 Å². The van der Waals surface area contributed by atoms with E-state index in [-0.39, 0.29) is 30.7 Å². The highest BCUT2D eigenvalue weighted by Gasteiger charge is 2.37. The molecule has 1 aliphatic carbocycles. The van der Waals surface area contributed by atoms with Gasteiger partial charge in [-0.2, -0.15) is 0 Å². The van der Waals surface area contributed by atoms with Crippen molar-refractivity contribution in [2.75, 3.05) is 0 Å². The zero-order valence-electron chi connectivity index (χ0n) is 16.3. The Kier molecular flexibility index (Phi) is 8.70. The Morgan fingerprint density at radius 3 is 2.63 bits per heavy atom. The van der Waals surface area contributed by atoms with Crippen LogP contribution in [0.15, 0.2) is 36.7 Å². The minimum absolute atomic E-state index is 0.170. The Bertz CT molecular complexity index is 878. The number of aromatic nitrogens is 2.